The van der Waals surface area contributed by atoms with E-state index < -0.39 is 18.0 Å². The Balaban J connectivity index is 1.83. The molecule has 0 aliphatic heterocycles. The fraction of sp³-hybridized carbons (Fsp3) is 0.286. The monoisotopic (exact) mass is 309 g/mol. The van der Waals surface area contributed by atoms with Crippen LogP contribution < -0.4 is 10.6 Å². The van der Waals surface area contributed by atoms with Crippen molar-refractivity contribution in [2.24, 2.45) is 0 Å². The number of aliphatic hydroxyl groups is 1. The molecule has 3 N–H and O–H groups in total. The van der Waals surface area contributed by atoms with Crippen LogP contribution in [0.15, 0.2) is 36.0 Å². The SMILES string of the molecule is C[C@H](C[C@H](O)c1cccs1)NC(=O)Nc1ccncc1F. The van der Waals surface area contributed by atoms with Crippen LogP contribution in [0.4, 0.5) is 14.9 Å². The minimum atomic E-state index is -0.627. The first kappa shape index (κ1) is 15.4. The summed E-state index contributed by atoms with van der Waals surface area (Å²) in [5, 5.41) is 16.9. The van der Waals surface area contributed by atoms with Crippen molar-refractivity contribution < 1.29 is 14.3 Å². The first-order valence-corrected chi connectivity index (χ1v) is 7.32. The minimum Gasteiger partial charge on any atom is -0.387 e. The molecular weight excluding hydrogens is 293 g/mol. The fourth-order valence-electron chi connectivity index (χ4n) is 1.85. The smallest absolute Gasteiger partial charge is 0.319 e. The number of pyridine rings is 1. The lowest BCUT2D eigenvalue weighted by Crippen LogP contribution is -2.37. The number of hydrogen-bond acceptors (Lipinski definition) is 4. The molecule has 2 aromatic rings. The Morgan fingerprint density at radius 3 is 3.00 bits per heavy atom. The molecule has 0 bridgehead atoms. The molecule has 2 heterocycles. The van der Waals surface area contributed by atoms with Gasteiger partial charge in [0.15, 0.2) is 5.82 Å². The normalized spacial score (nSPS) is 13.5. The van der Waals surface area contributed by atoms with Gasteiger partial charge in [-0.25, -0.2) is 9.18 Å². The average molecular weight is 309 g/mol. The summed E-state index contributed by atoms with van der Waals surface area (Å²) in [6.45, 7) is 1.78. The number of amides is 2. The summed E-state index contributed by atoms with van der Waals surface area (Å²) < 4.78 is 13.3. The number of aliphatic hydroxyl groups excluding tert-OH is 1. The van der Waals surface area contributed by atoms with Crippen molar-refractivity contribution in [1.29, 1.82) is 0 Å². The molecule has 0 spiro atoms. The highest BCUT2D eigenvalue weighted by Crippen LogP contribution is 2.22. The van der Waals surface area contributed by atoms with Crippen LogP contribution in [0.1, 0.15) is 24.3 Å². The molecule has 7 heteroatoms. The van der Waals surface area contributed by atoms with Crippen LogP contribution in [0.5, 0.6) is 0 Å². The molecule has 0 saturated heterocycles. The number of aromatic nitrogens is 1. The number of carbonyl (C=O) groups excluding carboxylic acids is 1. The standard InChI is InChI=1S/C14H16FN3O2S/c1-9(7-12(19)13-3-2-6-21-13)17-14(20)18-11-4-5-16-8-10(11)15/h2-6,8-9,12,19H,7H2,1H3,(H2,16,17,18,20)/t9-,12+/m1/s1. The second kappa shape index (κ2) is 7.14. The highest BCUT2D eigenvalue weighted by molar-refractivity contribution is 7.10. The number of carbonyl (C=O) groups is 1. The van der Waals surface area contributed by atoms with E-state index in [2.05, 4.69) is 15.6 Å². The Kier molecular flexibility index (Phi) is 5.24. The number of urea groups is 1. The third-order valence-corrected chi connectivity index (χ3v) is 3.82. The molecule has 2 aromatic heterocycles. The summed E-state index contributed by atoms with van der Waals surface area (Å²) in [6, 6.07) is 4.30. The Morgan fingerprint density at radius 1 is 1.52 bits per heavy atom. The molecule has 0 radical (unpaired) electrons. The Hall–Kier alpha value is -1.99. The highest BCUT2D eigenvalue weighted by Gasteiger charge is 2.15. The van der Waals surface area contributed by atoms with Crippen molar-refractivity contribution in [3.63, 3.8) is 0 Å². The minimum absolute atomic E-state index is 0.0634. The predicted octanol–water partition coefficient (Wildman–Crippen LogP) is 2.92. The highest BCUT2D eigenvalue weighted by atomic mass is 32.1. The molecule has 2 amide bonds. The number of halogens is 1. The van der Waals surface area contributed by atoms with Crippen molar-refractivity contribution in [2.75, 3.05) is 5.32 Å². The van der Waals surface area contributed by atoms with Crippen LogP contribution in [0.3, 0.4) is 0 Å². The second-order valence-electron chi connectivity index (χ2n) is 4.62. The Bertz CT molecular complexity index is 592. The maximum absolute atomic E-state index is 13.3. The van der Waals surface area contributed by atoms with E-state index in [4.69, 9.17) is 0 Å². The Labute approximate surface area is 125 Å². The largest absolute Gasteiger partial charge is 0.387 e. The lowest BCUT2D eigenvalue weighted by atomic mass is 10.1. The quantitative estimate of drug-likeness (QED) is 0.795. The molecule has 0 aliphatic carbocycles. The van der Waals surface area contributed by atoms with Gasteiger partial charge < -0.3 is 15.7 Å². The third kappa shape index (κ3) is 4.51. The van der Waals surface area contributed by atoms with Gasteiger partial charge in [0, 0.05) is 17.1 Å². The van der Waals surface area contributed by atoms with Gasteiger partial charge in [0.25, 0.3) is 0 Å². The topological polar surface area (TPSA) is 74.2 Å². The molecular formula is C14H16FN3O2S. The van der Waals surface area contributed by atoms with Gasteiger partial charge >= 0.3 is 6.03 Å². The Morgan fingerprint density at radius 2 is 2.33 bits per heavy atom. The molecule has 112 valence electrons. The zero-order valence-electron chi connectivity index (χ0n) is 11.4. The molecule has 0 aliphatic rings. The zero-order chi connectivity index (χ0) is 15.2. The van der Waals surface area contributed by atoms with Gasteiger partial charge in [-0.1, -0.05) is 6.07 Å². The number of hydrogen-bond donors (Lipinski definition) is 3. The summed E-state index contributed by atoms with van der Waals surface area (Å²) in [6.07, 6.45) is 2.17. The second-order valence-corrected chi connectivity index (χ2v) is 5.60. The maximum atomic E-state index is 13.3. The van der Waals surface area contributed by atoms with E-state index in [1.54, 1.807) is 6.92 Å². The maximum Gasteiger partial charge on any atom is 0.319 e. The van der Waals surface area contributed by atoms with Crippen molar-refractivity contribution in [3.05, 3.63) is 46.7 Å². The number of nitrogens with one attached hydrogen (secondary N) is 2. The van der Waals surface area contributed by atoms with Crippen molar-refractivity contribution in [2.45, 2.75) is 25.5 Å². The van der Waals surface area contributed by atoms with Gasteiger partial charge in [-0.3, -0.25) is 4.98 Å². The van der Waals surface area contributed by atoms with Crippen LogP contribution in [-0.4, -0.2) is 22.2 Å². The van der Waals surface area contributed by atoms with Crippen molar-refractivity contribution in [3.8, 4) is 0 Å². The summed E-state index contributed by atoms with van der Waals surface area (Å²) in [7, 11) is 0. The predicted molar refractivity (Wildman–Crippen MR) is 79.7 cm³/mol. The van der Waals surface area contributed by atoms with Gasteiger partial charge in [0.2, 0.25) is 0 Å². The van der Waals surface area contributed by atoms with Crippen LogP contribution in [0.25, 0.3) is 0 Å². The number of anilines is 1. The van der Waals surface area contributed by atoms with Gasteiger partial charge in [0.1, 0.15) is 0 Å². The summed E-state index contributed by atoms with van der Waals surface area (Å²) >= 11 is 1.46. The average Bonchev–Trinajstić information content (AvgIpc) is 2.95. The van der Waals surface area contributed by atoms with Crippen molar-refractivity contribution in [1.82, 2.24) is 10.3 Å². The van der Waals surface area contributed by atoms with Crippen LogP contribution in [0.2, 0.25) is 0 Å². The summed E-state index contributed by atoms with van der Waals surface area (Å²) in [5.74, 6) is -0.598. The number of rotatable bonds is 5. The van der Waals surface area contributed by atoms with Crippen LogP contribution in [0, 0.1) is 5.82 Å². The van der Waals surface area contributed by atoms with E-state index in [0.29, 0.717) is 6.42 Å². The molecule has 0 unspecified atom stereocenters. The van der Waals surface area contributed by atoms with Crippen LogP contribution >= 0.6 is 11.3 Å². The fourth-order valence-corrected chi connectivity index (χ4v) is 2.57. The molecule has 0 fully saturated rings. The van der Waals surface area contributed by atoms with E-state index in [1.807, 2.05) is 17.5 Å². The van der Waals surface area contributed by atoms with Crippen LogP contribution in [-0.2, 0) is 0 Å². The molecule has 2 rings (SSSR count). The summed E-state index contributed by atoms with van der Waals surface area (Å²) in [5.41, 5.74) is 0.0634. The van der Waals surface area contributed by atoms with Gasteiger partial charge in [-0.05, 0) is 30.9 Å². The molecule has 21 heavy (non-hydrogen) atoms. The number of nitrogens with zero attached hydrogens (tertiary/aromatic N) is 1. The molecule has 0 aromatic carbocycles. The van der Waals surface area contributed by atoms with E-state index in [1.165, 1.54) is 23.6 Å². The van der Waals surface area contributed by atoms with Crippen molar-refractivity contribution >= 4 is 23.1 Å². The molecule has 5 nitrogen and oxygen atoms in total. The molecule has 2 atom stereocenters. The zero-order valence-corrected chi connectivity index (χ0v) is 12.2. The summed E-state index contributed by atoms with van der Waals surface area (Å²) in [4.78, 5) is 16.2. The van der Waals surface area contributed by atoms with E-state index >= 15 is 0 Å². The lowest BCUT2D eigenvalue weighted by Gasteiger charge is -2.17. The van der Waals surface area contributed by atoms with Gasteiger partial charge in [0.05, 0.1) is 18.0 Å². The third-order valence-electron chi connectivity index (χ3n) is 2.85. The first-order chi connectivity index (χ1) is 10.1. The van der Waals surface area contributed by atoms with E-state index in [-0.39, 0.29) is 11.7 Å². The lowest BCUT2D eigenvalue weighted by molar-refractivity contribution is 0.158. The van der Waals surface area contributed by atoms with E-state index in [9.17, 15) is 14.3 Å². The molecule has 0 saturated carbocycles. The first-order valence-electron chi connectivity index (χ1n) is 6.44. The van der Waals surface area contributed by atoms with E-state index in [0.717, 1.165) is 11.1 Å². The number of thiophene rings is 1. The van der Waals surface area contributed by atoms with Gasteiger partial charge in [-0.2, -0.15) is 0 Å². The van der Waals surface area contributed by atoms with Gasteiger partial charge in [-0.15, -0.1) is 11.3 Å².